The first-order valence-corrected chi connectivity index (χ1v) is 32.6. The highest BCUT2D eigenvalue weighted by atomic mass is 79.9. The number of esters is 2. The number of piperazine rings is 1. The van der Waals surface area contributed by atoms with Crippen LogP contribution in [0, 0.1) is 11.6 Å². The second-order valence-corrected chi connectivity index (χ2v) is 24.8. The standard InChI is InChI=1S/C30H28ClFN6O5S.C16H12BrClFN3O2S.C15H16N2O3.C2HF3O.CH4/c1-43-29(41)24-23(34-26(27-33-8-11-44-27)35-25(24)21-7-6-19(32)12-22(21)31)16-36-9-10-38-20(14-36)15-37(30(38)42)13-17-2-4-18(5-3-17)28(39)40;1-24-16(23)12-11(7-17)21-14(15-20-4-5-25-15)22-13(12)9-3-2-8(19)6-10(9)18;18-14(19)12-6-4-11(5-7-12)9-16-10-13-3-1-2-8-17(13)15(16)20;3-2(4,5)1-6;/h2-8,11-12,20,25H,9-10,13-16H2,1H3,(H,34,35)(H,39,40);2-6,13H,7H2,1H3,(H,21,22);4-7,9,13H,1-3,8,10H2;1H;1H4/p+1/t20?,25-;13-;;;/m00.../s1. The van der Waals surface area contributed by atoms with Crippen LogP contribution in [-0.4, -0.2) is 188 Å². The second kappa shape index (κ2) is 32.8. The number of urea groups is 2. The number of rotatable bonds is 14. The number of halogens is 8. The fraction of sp³-hybridized carbons (Fsp3) is 0.312. The summed E-state index contributed by atoms with van der Waals surface area (Å²) in [4.78, 5) is 107. The van der Waals surface area contributed by atoms with Crippen molar-refractivity contribution in [2.75, 3.05) is 65.4 Å². The Balaban J connectivity index is 0.000000191. The molecule has 0 spiro atoms. The van der Waals surface area contributed by atoms with E-state index in [0.29, 0.717) is 100 Å². The molecule has 8 heterocycles. The third-order valence-electron chi connectivity index (χ3n) is 15.6. The van der Waals surface area contributed by atoms with Crippen molar-refractivity contribution in [3.8, 4) is 0 Å². The molecule has 4 saturated heterocycles. The zero-order chi connectivity index (χ0) is 68.3. The number of alkyl halides is 4. The number of allylic oxidation sites excluding steroid dienone is 1. The number of ether oxygens (including phenoxy) is 2. The number of piperidine rings is 1. The molecule has 32 heteroatoms. The molecule has 0 aliphatic carbocycles. The maximum atomic E-state index is 13.9. The molecule has 6 aliphatic rings. The highest BCUT2D eigenvalue weighted by molar-refractivity contribution is 9.09. The van der Waals surface area contributed by atoms with Crippen LogP contribution >= 0.6 is 61.8 Å². The van der Waals surface area contributed by atoms with E-state index in [1.807, 2.05) is 26.8 Å². The van der Waals surface area contributed by atoms with Crippen molar-refractivity contribution in [1.82, 2.24) is 40.2 Å². The molecule has 6 aromatic rings. The molecule has 2 unspecified atom stereocenters. The van der Waals surface area contributed by atoms with Crippen LogP contribution in [0.4, 0.5) is 31.5 Å². The molecule has 96 heavy (non-hydrogen) atoms. The van der Waals surface area contributed by atoms with E-state index in [1.54, 1.807) is 58.3 Å². The number of carbonyl (C=O) groups excluding carboxylic acids is 5. The first-order valence-electron chi connectivity index (χ1n) is 28.9. The number of nitrogens with one attached hydrogen (secondary N) is 2. The van der Waals surface area contributed by atoms with Crippen LogP contribution in [0.15, 0.2) is 141 Å². The van der Waals surface area contributed by atoms with Gasteiger partial charge in [0.15, 0.2) is 21.7 Å². The summed E-state index contributed by atoms with van der Waals surface area (Å²) in [6.45, 7) is 4.43. The Morgan fingerprint density at radius 3 is 1.71 bits per heavy atom. The van der Waals surface area contributed by atoms with Crippen LogP contribution in [0.5, 0.6) is 0 Å². The smallest absolute Gasteiger partial charge is 0.478 e. The number of nitrogens with zero attached hydrogens (tertiary/aromatic N) is 9. The molecule has 4 fully saturated rings. The average Bonchev–Trinajstić information content (AvgIpc) is 0.862. The number of carboxylic acids is 2. The summed E-state index contributed by atoms with van der Waals surface area (Å²) in [5.41, 5.74) is 4.85. The molecule has 506 valence electrons. The van der Waals surface area contributed by atoms with Crippen molar-refractivity contribution in [2.24, 2.45) is 9.98 Å². The normalized spacial score (nSPS) is 19.5. The molecule has 4 amide bonds. The zero-order valence-electron chi connectivity index (χ0n) is 50.3. The number of carboxylic acid groups (broad SMARTS) is 2. The third kappa shape index (κ3) is 17.8. The highest BCUT2D eigenvalue weighted by Gasteiger charge is 2.45. The van der Waals surface area contributed by atoms with Crippen LogP contribution in [0.3, 0.4) is 0 Å². The van der Waals surface area contributed by atoms with E-state index in [-0.39, 0.29) is 52.3 Å². The van der Waals surface area contributed by atoms with E-state index in [0.717, 1.165) is 37.1 Å². The van der Waals surface area contributed by atoms with Gasteiger partial charge in [-0.3, -0.25) is 19.7 Å². The minimum absolute atomic E-state index is 0. The van der Waals surface area contributed by atoms with Crippen molar-refractivity contribution in [3.63, 3.8) is 0 Å². The number of hydrogen-bond donors (Lipinski definition) is 4. The monoisotopic (exact) mass is 1470 g/mol. The van der Waals surface area contributed by atoms with Crippen LogP contribution in [0.2, 0.25) is 10.0 Å². The zero-order valence-corrected chi connectivity index (χ0v) is 55.0. The Bertz CT molecular complexity index is 4030. The van der Waals surface area contributed by atoms with Crippen molar-refractivity contribution < 1.29 is 79.8 Å². The fourth-order valence-corrected chi connectivity index (χ4v) is 13.3. The topological polar surface area (TPSA) is 269 Å². The van der Waals surface area contributed by atoms with Gasteiger partial charge < -0.3 is 40.1 Å². The van der Waals surface area contributed by atoms with Gasteiger partial charge in [0.1, 0.15) is 42.5 Å². The molecule has 22 nitrogen and oxygen atoms in total. The summed E-state index contributed by atoms with van der Waals surface area (Å²) in [6, 6.07) is 19.8. The summed E-state index contributed by atoms with van der Waals surface area (Å²) >= 11 is 18.8. The number of benzene rings is 4. The van der Waals surface area contributed by atoms with Crippen LogP contribution in [0.25, 0.3) is 0 Å². The average molecular weight is 1470 g/mol. The molecular formula is C64H62BrCl2F5N11O11S2+. The summed E-state index contributed by atoms with van der Waals surface area (Å²) < 4.78 is 70.5. The minimum Gasteiger partial charge on any atom is -0.478 e. The molecule has 2 aromatic heterocycles. The number of carbonyl (C=O) groups is 7. The molecule has 0 radical (unpaired) electrons. The van der Waals surface area contributed by atoms with Gasteiger partial charge in [0, 0.05) is 106 Å². The van der Waals surface area contributed by atoms with Crippen LogP contribution in [-0.2, 0) is 30.4 Å². The summed E-state index contributed by atoms with van der Waals surface area (Å²) in [6.07, 6.45) is 2.79. The SMILES string of the molecule is C.COC(=O)C1=C(CBr)NC(c2nccs2)=N[C@H]1c1ccc(F)cc1Cl.COC(=O)C1=C(CN2CCN3C(=O)N(Cc4ccc(C(=O)O)cc4)CC3C2)NC(c2nccs2)=N[C@H]1c1ccc(F)cc1Cl.O=C(O)c1ccc(C=[N+]2CC3CCCCN3C2=O)cc1.O=CC(F)(F)F. The van der Waals surface area contributed by atoms with Crippen molar-refractivity contribution in [2.45, 2.75) is 63.6 Å². The van der Waals surface area contributed by atoms with E-state index >= 15 is 0 Å². The molecule has 0 saturated carbocycles. The number of amides is 4. The van der Waals surface area contributed by atoms with Gasteiger partial charge in [-0.25, -0.2) is 47.6 Å². The van der Waals surface area contributed by atoms with Gasteiger partial charge in [0.05, 0.1) is 49.1 Å². The molecule has 12 rings (SSSR count). The number of aldehydes is 1. The lowest BCUT2D eigenvalue weighted by Gasteiger charge is -2.38. The number of amidine groups is 2. The number of aromatic carboxylic acids is 2. The van der Waals surface area contributed by atoms with Crippen molar-refractivity contribution >= 4 is 122 Å². The highest BCUT2D eigenvalue weighted by Crippen LogP contribution is 2.39. The van der Waals surface area contributed by atoms with Gasteiger partial charge >= 0.3 is 42.1 Å². The van der Waals surface area contributed by atoms with Crippen molar-refractivity contribution in [3.05, 3.63) is 196 Å². The largest absolute Gasteiger partial charge is 0.493 e. The Labute approximate surface area is 573 Å². The van der Waals surface area contributed by atoms with Gasteiger partial charge in [-0.15, -0.1) is 22.7 Å². The number of hydrogen-bond acceptors (Lipinski definition) is 18. The first-order chi connectivity index (χ1) is 45.5. The lowest BCUT2D eigenvalue weighted by atomic mass is 9.95. The van der Waals surface area contributed by atoms with Gasteiger partial charge in [0.25, 0.3) is 0 Å². The van der Waals surface area contributed by atoms with Crippen LogP contribution in [0.1, 0.15) is 91.8 Å². The lowest BCUT2D eigenvalue weighted by molar-refractivity contribution is -0.407. The van der Waals surface area contributed by atoms with Crippen molar-refractivity contribution in [1.29, 1.82) is 0 Å². The molecular weight excluding hydrogens is 1410 g/mol. The van der Waals surface area contributed by atoms with Crippen LogP contribution < -0.4 is 10.6 Å². The molecule has 6 aliphatic heterocycles. The fourth-order valence-electron chi connectivity index (χ4n) is 11.1. The van der Waals surface area contributed by atoms with Gasteiger partial charge in [-0.05, 0) is 73.4 Å². The number of fused-ring (bicyclic) bond motifs is 2. The number of aliphatic imine (C=N–C) groups is 2. The Morgan fingerprint density at radius 2 is 1.24 bits per heavy atom. The number of thiazole rings is 2. The summed E-state index contributed by atoms with van der Waals surface area (Å²) in [5, 5.41) is 30.1. The predicted octanol–water partition coefficient (Wildman–Crippen LogP) is 10.8. The molecule has 4 N–H and O–H groups in total. The van der Waals surface area contributed by atoms with E-state index in [2.05, 4.69) is 46.4 Å². The first kappa shape index (κ1) is 73.0. The molecule has 4 aromatic carbocycles. The molecule has 0 bridgehead atoms. The minimum atomic E-state index is -4.64. The van der Waals surface area contributed by atoms with E-state index < -0.39 is 60.1 Å². The summed E-state index contributed by atoms with van der Waals surface area (Å²) in [5.74, 6) is -3.05. The van der Waals surface area contributed by atoms with Gasteiger partial charge in [0.2, 0.25) is 6.29 Å². The maximum absolute atomic E-state index is 13.9. The van der Waals surface area contributed by atoms with Gasteiger partial charge in [-0.2, -0.15) is 22.5 Å². The second-order valence-electron chi connectivity index (χ2n) is 21.7. The Morgan fingerprint density at radius 1 is 0.719 bits per heavy atom. The lowest BCUT2D eigenvalue weighted by Crippen LogP contribution is -2.53. The van der Waals surface area contributed by atoms with Gasteiger partial charge in [-0.1, -0.05) is 83.0 Å². The number of aromatic nitrogens is 2. The number of methoxy groups -OCH3 is 2. The Hall–Kier alpha value is -8.81. The predicted molar refractivity (Wildman–Crippen MR) is 352 cm³/mol. The Kier molecular flexibility index (Phi) is 24.9. The molecule has 4 atom stereocenters. The summed E-state index contributed by atoms with van der Waals surface area (Å²) in [7, 11) is 2.59. The van der Waals surface area contributed by atoms with E-state index in [9.17, 15) is 50.7 Å². The maximum Gasteiger partial charge on any atom is 0.493 e. The third-order valence-corrected chi connectivity index (χ3v) is 18.3. The quantitative estimate of drug-likeness (QED) is 0.0260. The van der Waals surface area contributed by atoms with E-state index in [4.69, 9.17) is 52.7 Å². The van der Waals surface area contributed by atoms with E-state index in [1.165, 1.54) is 91.8 Å².